The standard InChI is InChI=1S/C28H30O8/c1-21(29)35-27(17-31-23-10-5-3-6-11-23)19-33-25-14-9-15-26(16-25)34-20-28(36-22(2)30)18-32-24-12-7-4-8-13-24/h3-16,27-28H,17-20H2,1-2H3. The first kappa shape index (κ1) is 26.4. The molecule has 190 valence electrons. The van der Waals surface area contributed by atoms with Gasteiger partial charge in [-0.05, 0) is 36.4 Å². The Hall–Kier alpha value is -4.20. The molecule has 36 heavy (non-hydrogen) atoms. The van der Waals surface area contributed by atoms with Crippen LogP contribution in [0.5, 0.6) is 23.0 Å². The van der Waals surface area contributed by atoms with Crippen molar-refractivity contribution >= 4 is 11.9 Å². The predicted octanol–water partition coefficient (Wildman–Crippen LogP) is 4.47. The van der Waals surface area contributed by atoms with E-state index in [1.807, 2.05) is 60.7 Å². The van der Waals surface area contributed by atoms with Crippen LogP contribution in [0.1, 0.15) is 13.8 Å². The molecule has 2 atom stereocenters. The third-order valence-electron chi connectivity index (χ3n) is 4.70. The molecule has 3 aromatic rings. The number of ether oxygens (including phenoxy) is 6. The quantitative estimate of drug-likeness (QED) is 0.304. The maximum Gasteiger partial charge on any atom is 0.303 e. The number of hydrogen-bond acceptors (Lipinski definition) is 8. The molecule has 3 rings (SSSR count). The van der Waals surface area contributed by atoms with E-state index in [1.165, 1.54) is 13.8 Å². The van der Waals surface area contributed by atoms with Crippen LogP contribution >= 0.6 is 0 Å². The molecule has 3 aromatic carbocycles. The molecule has 0 saturated carbocycles. The summed E-state index contributed by atoms with van der Waals surface area (Å²) in [4.78, 5) is 23.0. The zero-order chi connectivity index (χ0) is 25.6. The topological polar surface area (TPSA) is 89.5 Å². The van der Waals surface area contributed by atoms with Gasteiger partial charge in [0.15, 0.2) is 12.2 Å². The van der Waals surface area contributed by atoms with Gasteiger partial charge in [-0.15, -0.1) is 0 Å². The van der Waals surface area contributed by atoms with Gasteiger partial charge in [0.25, 0.3) is 0 Å². The summed E-state index contributed by atoms with van der Waals surface area (Å²) in [5.41, 5.74) is 0. The first-order valence-corrected chi connectivity index (χ1v) is 11.5. The number of esters is 2. The van der Waals surface area contributed by atoms with Crippen molar-refractivity contribution in [1.29, 1.82) is 0 Å². The first-order valence-electron chi connectivity index (χ1n) is 11.5. The van der Waals surface area contributed by atoms with Crippen LogP contribution in [0, 0.1) is 0 Å². The first-order chi connectivity index (χ1) is 17.5. The molecule has 0 radical (unpaired) electrons. The molecule has 0 aromatic heterocycles. The number of hydrogen-bond donors (Lipinski definition) is 0. The zero-order valence-corrected chi connectivity index (χ0v) is 20.3. The monoisotopic (exact) mass is 494 g/mol. The van der Waals surface area contributed by atoms with Crippen molar-refractivity contribution in [2.45, 2.75) is 26.1 Å². The molecule has 0 saturated heterocycles. The highest BCUT2D eigenvalue weighted by Crippen LogP contribution is 2.21. The van der Waals surface area contributed by atoms with Gasteiger partial charge in [0.1, 0.15) is 49.4 Å². The van der Waals surface area contributed by atoms with E-state index in [0.29, 0.717) is 23.0 Å². The van der Waals surface area contributed by atoms with Gasteiger partial charge in [-0.25, -0.2) is 0 Å². The van der Waals surface area contributed by atoms with Crippen LogP contribution < -0.4 is 18.9 Å². The molecule has 2 unspecified atom stereocenters. The minimum absolute atomic E-state index is 0.0941. The van der Waals surface area contributed by atoms with Crippen LogP contribution in [0.25, 0.3) is 0 Å². The number of para-hydroxylation sites is 2. The van der Waals surface area contributed by atoms with Gasteiger partial charge in [-0.3, -0.25) is 9.59 Å². The smallest absolute Gasteiger partial charge is 0.303 e. The summed E-state index contributed by atoms with van der Waals surface area (Å²) in [5, 5.41) is 0. The summed E-state index contributed by atoms with van der Waals surface area (Å²) < 4.78 is 33.7. The van der Waals surface area contributed by atoms with Gasteiger partial charge in [-0.1, -0.05) is 42.5 Å². The molecule has 0 fully saturated rings. The van der Waals surface area contributed by atoms with E-state index in [1.54, 1.807) is 24.3 Å². The minimum atomic E-state index is -0.601. The highest BCUT2D eigenvalue weighted by molar-refractivity contribution is 5.66. The maximum absolute atomic E-state index is 11.5. The predicted molar refractivity (Wildman–Crippen MR) is 132 cm³/mol. The summed E-state index contributed by atoms with van der Waals surface area (Å²) in [6.07, 6.45) is -1.20. The van der Waals surface area contributed by atoms with Crippen molar-refractivity contribution in [3.05, 3.63) is 84.9 Å². The van der Waals surface area contributed by atoms with Crippen LogP contribution in [-0.4, -0.2) is 50.6 Å². The van der Waals surface area contributed by atoms with E-state index in [-0.39, 0.29) is 26.4 Å². The number of carbonyl (C=O) groups excluding carboxylic acids is 2. The van der Waals surface area contributed by atoms with E-state index >= 15 is 0 Å². The normalized spacial score (nSPS) is 12.1. The van der Waals surface area contributed by atoms with Crippen LogP contribution in [-0.2, 0) is 19.1 Å². The Morgan fingerprint density at radius 1 is 0.528 bits per heavy atom. The molecule has 0 aliphatic rings. The fourth-order valence-electron chi connectivity index (χ4n) is 3.15. The molecule has 0 bridgehead atoms. The molecule has 0 N–H and O–H groups in total. The summed E-state index contributed by atoms with van der Waals surface area (Å²) in [7, 11) is 0. The van der Waals surface area contributed by atoms with E-state index < -0.39 is 24.1 Å². The summed E-state index contributed by atoms with van der Waals surface area (Å²) in [6, 6.07) is 25.5. The van der Waals surface area contributed by atoms with Crippen LogP contribution in [0.4, 0.5) is 0 Å². The Labute approximate surface area is 210 Å². The molecular weight excluding hydrogens is 464 g/mol. The third kappa shape index (κ3) is 9.97. The van der Waals surface area contributed by atoms with Crippen molar-refractivity contribution in [3.63, 3.8) is 0 Å². The van der Waals surface area contributed by atoms with E-state index in [9.17, 15) is 9.59 Å². The lowest BCUT2D eigenvalue weighted by Gasteiger charge is -2.20. The van der Waals surface area contributed by atoms with E-state index in [0.717, 1.165) is 0 Å². The highest BCUT2D eigenvalue weighted by Gasteiger charge is 2.17. The second-order valence-electron chi connectivity index (χ2n) is 7.81. The van der Waals surface area contributed by atoms with Crippen molar-refractivity contribution in [3.8, 4) is 23.0 Å². The Balaban J connectivity index is 1.52. The molecular formula is C28H30O8. The van der Waals surface area contributed by atoms with Crippen molar-refractivity contribution in [2.24, 2.45) is 0 Å². The van der Waals surface area contributed by atoms with Gasteiger partial charge in [0.2, 0.25) is 0 Å². The fraction of sp³-hybridized carbons (Fsp3) is 0.286. The largest absolute Gasteiger partial charge is 0.490 e. The molecule has 0 spiro atoms. The zero-order valence-electron chi connectivity index (χ0n) is 20.3. The van der Waals surface area contributed by atoms with Gasteiger partial charge in [-0.2, -0.15) is 0 Å². The molecule has 8 heteroatoms. The van der Waals surface area contributed by atoms with Crippen molar-refractivity contribution in [2.75, 3.05) is 26.4 Å². The maximum atomic E-state index is 11.5. The molecule has 8 nitrogen and oxygen atoms in total. The van der Waals surface area contributed by atoms with Gasteiger partial charge >= 0.3 is 11.9 Å². The Bertz CT molecular complexity index is 988. The second kappa shape index (κ2) is 14.3. The van der Waals surface area contributed by atoms with Crippen LogP contribution in [0.15, 0.2) is 84.9 Å². The average molecular weight is 495 g/mol. The fourth-order valence-corrected chi connectivity index (χ4v) is 3.15. The third-order valence-corrected chi connectivity index (χ3v) is 4.70. The molecule has 0 aliphatic heterocycles. The average Bonchev–Trinajstić information content (AvgIpc) is 2.88. The van der Waals surface area contributed by atoms with Crippen molar-refractivity contribution < 1.29 is 38.0 Å². The minimum Gasteiger partial charge on any atom is -0.490 e. The lowest BCUT2D eigenvalue weighted by atomic mass is 10.3. The van der Waals surface area contributed by atoms with Crippen molar-refractivity contribution in [1.82, 2.24) is 0 Å². The van der Waals surface area contributed by atoms with Gasteiger partial charge in [0.05, 0.1) is 0 Å². The van der Waals surface area contributed by atoms with Gasteiger partial charge < -0.3 is 28.4 Å². The summed E-state index contributed by atoms with van der Waals surface area (Å²) in [5.74, 6) is 1.54. The number of carbonyl (C=O) groups is 2. The lowest BCUT2D eigenvalue weighted by Crippen LogP contribution is -2.30. The van der Waals surface area contributed by atoms with Gasteiger partial charge in [0, 0.05) is 19.9 Å². The number of benzene rings is 3. The van der Waals surface area contributed by atoms with E-state index in [2.05, 4.69) is 0 Å². The molecule has 0 amide bonds. The lowest BCUT2D eigenvalue weighted by molar-refractivity contribution is -0.150. The summed E-state index contributed by atoms with van der Waals surface area (Å²) >= 11 is 0. The Morgan fingerprint density at radius 2 is 0.861 bits per heavy atom. The molecule has 0 heterocycles. The highest BCUT2D eigenvalue weighted by atomic mass is 16.6. The van der Waals surface area contributed by atoms with Crippen LogP contribution in [0.3, 0.4) is 0 Å². The number of rotatable bonds is 14. The summed E-state index contributed by atoms with van der Waals surface area (Å²) in [6.45, 7) is 3.15. The molecule has 0 aliphatic carbocycles. The van der Waals surface area contributed by atoms with Crippen LogP contribution in [0.2, 0.25) is 0 Å². The second-order valence-corrected chi connectivity index (χ2v) is 7.81. The Morgan fingerprint density at radius 3 is 1.22 bits per heavy atom. The Kier molecular flexibility index (Phi) is 10.5. The van der Waals surface area contributed by atoms with E-state index in [4.69, 9.17) is 28.4 Å². The SMILES string of the molecule is CC(=O)OC(COc1ccccc1)COc1cccc(OCC(COc2ccccc2)OC(C)=O)c1.